The van der Waals surface area contributed by atoms with Crippen molar-refractivity contribution in [2.45, 2.75) is 33.4 Å². The Morgan fingerprint density at radius 1 is 1.31 bits per heavy atom. The molecule has 1 nitrogen and oxygen atoms in total. The minimum Gasteiger partial charge on any atom is -0.356 e. The molecule has 0 N–H and O–H groups in total. The molecule has 1 aromatic carbocycles. The first kappa shape index (κ1) is 12.9. The Hall–Kier alpha value is -1.15. The summed E-state index contributed by atoms with van der Waals surface area (Å²) in [6.45, 7) is 11.0. The van der Waals surface area contributed by atoms with E-state index in [1.165, 1.54) is 5.56 Å². The van der Waals surface area contributed by atoms with Crippen molar-refractivity contribution in [3.8, 4) is 0 Å². The van der Waals surface area contributed by atoms with Crippen molar-refractivity contribution < 1.29 is 0 Å². The Labute approximate surface area is 104 Å². The second kappa shape index (κ2) is 5.80. The van der Waals surface area contributed by atoms with E-state index in [0.717, 1.165) is 17.1 Å². The quantitative estimate of drug-likeness (QED) is 0.575. The van der Waals surface area contributed by atoms with Crippen LogP contribution < -0.4 is 0 Å². The predicted octanol–water partition coefficient (Wildman–Crippen LogP) is 3.80. The second-order valence-corrected chi connectivity index (χ2v) is 4.68. The van der Waals surface area contributed by atoms with Gasteiger partial charge in [0.05, 0.1) is 0 Å². The molecule has 86 valence electrons. The van der Waals surface area contributed by atoms with Crippen LogP contribution in [0.2, 0.25) is 0 Å². The lowest BCUT2D eigenvalue weighted by molar-refractivity contribution is 0.349. The van der Waals surface area contributed by atoms with E-state index in [-0.39, 0.29) is 0 Å². The molecule has 0 saturated carbocycles. The standard InChI is InChI=1S/C14H19NS/c1-11(2)14(16)15(12(3)4)10-13-8-6-5-7-9-13/h5-9,12H,1,10H2,2-4H3. The Balaban J connectivity index is 2.81. The van der Waals surface area contributed by atoms with Crippen molar-refractivity contribution in [3.63, 3.8) is 0 Å². The Kier molecular flexibility index (Phi) is 4.69. The van der Waals surface area contributed by atoms with E-state index in [2.05, 4.69) is 49.6 Å². The number of nitrogens with zero attached hydrogens (tertiary/aromatic N) is 1. The molecule has 0 heterocycles. The first-order chi connectivity index (χ1) is 7.52. The highest BCUT2D eigenvalue weighted by Gasteiger charge is 2.13. The fraction of sp³-hybridized carbons (Fsp3) is 0.357. The van der Waals surface area contributed by atoms with E-state index in [1.54, 1.807) is 0 Å². The van der Waals surface area contributed by atoms with Gasteiger partial charge in [-0.3, -0.25) is 0 Å². The normalized spacial score (nSPS) is 10.2. The topological polar surface area (TPSA) is 3.24 Å². The summed E-state index contributed by atoms with van der Waals surface area (Å²) >= 11 is 5.40. The van der Waals surface area contributed by atoms with E-state index >= 15 is 0 Å². The second-order valence-electron chi connectivity index (χ2n) is 4.29. The summed E-state index contributed by atoms with van der Waals surface area (Å²) in [5.41, 5.74) is 2.24. The van der Waals surface area contributed by atoms with E-state index in [9.17, 15) is 0 Å². The maximum atomic E-state index is 5.40. The number of hydrogen-bond acceptors (Lipinski definition) is 1. The molecule has 2 heteroatoms. The van der Waals surface area contributed by atoms with Crippen molar-refractivity contribution in [3.05, 3.63) is 48.0 Å². The zero-order valence-electron chi connectivity index (χ0n) is 10.2. The summed E-state index contributed by atoms with van der Waals surface area (Å²) in [4.78, 5) is 3.06. The fourth-order valence-electron chi connectivity index (χ4n) is 1.51. The van der Waals surface area contributed by atoms with Gasteiger partial charge in [0.2, 0.25) is 0 Å². The van der Waals surface area contributed by atoms with Crippen molar-refractivity contribution in [2.24, 2.45) is 0 Å². The summed E-state index contributed by atoms with van der Waals surface area (Å²) < 4.78 is 0. The van der Waals surface area contributed by atoms with Gasteiger partial charge in [0.25, 0.3) is 0 Å². The van der Waals surface area contributed by atoms with Gasteiger partial charge < -0.3 is 4.90 Å². The minimum atomic E-state index is 0.393. The summed E-state index contributed by atoms with van der Waals surface area (Å²) in [5, 5.41) is 0. The summed E-state index contributed by atoms with van der Waals surface area (Å²) in [6.07, 6.45) is 0. The van der Waals surface area contributed by atoms with Crippen LogP contribution >= 0.6 is 12.2 Å². The molecule has 0 unspecified atom stereocenters. The molecule has 0 saturated heterocycles. The monoisotopic (exact) mass is 233 g/mol. The highest BCUT2D eigenvalue weighted by atomic mass is 32.1. The van der Waals surface area contributed by atoms with Crippen LogP contribution in [0.3, 0.4) is 0 Å². The summed E-state index contributed by atoms with van der Waals surface area (Å²) in [7, 11) is 0. The molecular weight excluding hydrogens is 214 g/mol. The van der Waals surface area contributed by atoms with Crippen molar-refractivity contribution in [1.29, 1.82) is 0 Å². The van der Waals surface area contributed by atoms with Gasteiger partial charge in [-0.05, 0) is 31.9 Å². The molecule has 1 aromatic rings. The number of rotatable bonds is 4. The van der Waals surface area contributed by atoms with Crippen LogP contribution in [0.1, 0.15) is 26.3 Å². The van der Waals surface area contributed by atoms with Crippen LogP contribution in [0.4, 0.5) is 0 Å². The van der Waals surface area contributed by atoms with Crippen LogP contribution in [-0.4, -0.2) is 15.9 Å². The third-order valence-electron chi connectivity index (χ3n) is 2.45. The lowest BCUT2D eigenvalue weighted by Gasteiger charge is -2.29. The van der Waals surface area contributed by atoms with Crippen molar-refractivity contribution in [2.75, 3.05) is 0 Å². The molecule has 0 aliphatic rings. The largest absolute Gasteiger partial charge is 0.356 e. The van der Waals surface area contributed by atoms with E-state index in [1.807, 2.05) is 13.0 Å². The zero-order valence-corrected chi connectivity index (χ0v) is 11.1. The van der Waals surface area contributed by atoms with Gasteiger partial charge in [-0.25, -0.2) is 0 Å². The van der Waals surface area contributed by atoms with E-state index in [0.29, 0.717) is 6.04 Å². The highest BCUT2D eigenvalue weighted by molar-refractivity contribution is 7.80. The number of benzene rings is 1. The molecule has 1 rings (SSSR count). The first-order valence-corrected chi connectivity index (χ1v) is 5.93. The maximum absolute atomic E-state index is 5.40. The first-order valence-electron chi connectivity index (χ1n) is 5.52. The lowest BCUT2D eigenvalue weighted by Crippen LogP contribution is -2.35. The van der Waals surface area contributed by atoms with Crippen LogP contribution in [-0.2, 0) is 6.54 Å². The van der Waals surface area contributed by atoms with Crippen LogP contribution in [0.5, 0.6) is 0 Å². The van der Waals surface area contributed by atoms with Gasteiger partial charge in [-0.15, -0.1) is 0 Å². The lowest BCUT2D eigenvalue weighted by atomic mass is 10.1. The molecule has 0 bridgehead atoms. The predicted molar refractivity (Wildman–Crippen MR) is 74.5 cm³/mol. The van der Waals surface area contributed by atoms with Gasteiger partial charge >= 0.3 is 0 Å². The SMILES string of the molecule is C=C(C)C(=S)N(Cc1ccccc1)C(C)C. The molecule has 0 spiro atoms. The van der Waals surface area contributed by atoms with Crippen LogP contribution in [0.25, 0.3) is 0 Å². The Bertz CT molecular complexity index is 368. The summed E-state index contributed by atoms with van der Waals surface area (Å²) in [6, 6.07) is 10.8. The molecule has 0 aliphatic carbocycles. The van der Waals surface area contributed by atoms with Crippen LogP contribution in [0.15, 0.2) is 42.5 Å². The maximum Gasteiger partial charge on any atom is 0.104 e. The molecule has 0 atom stereocenters. The van der Waals surface area contributed by atoms with Gasteiger partial charge in [0.15, 0.2) is 0 Å². The fourth-order valence-corrected chi connectivity index (χ4v) is 1.79. The zero-order chi connectivity index (χ0) is 12.1. The third kappa shape index (κ3) is 3.46. The Morgan fingerprint density at radius 3 is 2.31 bits per heavy atom. The molecule has 16 heavy (non-hydrogen) atoms. The molecule has 0 radical (unpaired) electrons. The molecular formula is C14H19NS. The smallest absolute Gasteiger partial charge is 0.104 e. The Morgan fingerprint density at radius 2 is 1.88 bits per heavy atom. The minimum absolute atomic E-state index is 0.393. The van der Waals surface area contributed by atoms with Crippen molar-refractivity contribution >= 4 is 17.2 Å². The molecule has 0 aromatic heterocycles. The van der Waals surface area contributed by atoms with Gasteiger partial charge in [0.1, 0.15) is 4.99 Å². The van der Waals surface area contributed by atoms with Gasteiger partial charge in [0, 0.05) is 12.6 Å². The highest BCUT2D eigenvalue weighted by Crippen LogP contribution is 2.12. The van der Waals surface area contributed by atoms with Gasteiger partial charge in [-0.2, -0.15) is 0 Å². The average molecular weight is 233 g/mol. The average Bonchev–Trinajstić information content (AvgIpc) is 2.26. The number of hydrogen-bond donors (Lipinski definition) is 0. The molecule has 0 amide bonds. The van der Waals surface area contributed by atoms with Crippen molar-refractivity contribution in [1.82, 2.24) is 4.90 Å². The molecule has 0 aliphatic heterocycles. The number of thiocarbonyl (C=S) groups is 1. The third-order valence-corrected chi connectivity index (χ3v) is 3.03. The molecule has 0 fully saturated rings. The van der Waals surface area contributed by atoms with Gasteiger partial charge in [-0.1, -0.05) is 49.1 Å². The van der Waals surface area contributed by atoms with E-state index < -0.39 is 0 Å². The van der Waals surface area contributed by atoms with E-state index in [4.69, 9.17) is 12.2 Å². The summed E-state index contributed by atoms with van der Waals surface area (Å²) in [5.74, 6) is 0. The van der Waals surface area contributed by atoms with Crippen LogP contribution in [0, 0.1) is 0 Å².